The molecule has 2 unspecified atom stereocenters. The zero-order valence-electron chi connectivity index (χ0n) is 12.6. The molecule has 1 aromatic heterocycles. The van der Waals surface area contributed by atoms with Crippen LogP contribution in [0.5, 0.6) is 5.75 Å². The largest absolute Gasteiger partial charge is 0.491 e. The van der Waals surface area contributed by atoms with Gasteiger partial charge in [-0.1, -0.05) is 13.0 Å². The molecule has 0 aliphatic rings. The zero-order valence-corrected chi connectivity index (χ0v) is 12.6. The molecular formula is C17H23NO2. The Morgan fingerprint density at radius 2 is 2.00 bits per heavy atom. The van der Waals surface area contributed by atoms with E-state index in [1.807, 2.05) is 43.3 Å². The number of rotatable bonds is 6. The number of furan rings is 1. The normalized spacial score (nSPS) is 13.8. The lowest BCUT2D eigenvalue weighted by Gasteiger charge is -2.16. The van der Waals surface area contributed by atoms with Crippen LogP contribution in [0.1, 0.15) is 44.8 Å². The fourth-order valence-corrected chi connectivity index (χ4v) is 1.98. The molecule has 0 radical (unpaired) electrons. The van der Waals surface area contributed by atoms with Crippen molar-refractivity contribution < 1.29 is 9.15 Å². The van der Waals surface area contributed by atoms with Gasteiger partial charge in [0.25, 0.3) is 0 Å². The molecule has 108 valence electrons. The fourth-order valence-electron chi connectivity index (χ4n) is 1.98. The molecule has 1 N–H and O–H groups in total. The predicted octanol–water partition coefficient (Wildman–Crippen LogP) is 4.94. The first-order valence-electron chi connectivity index (χ1n) is 7.18. The minimum absolute atomic E-state index is 0.127. The summed E-state index contributed by atoms with van der Waals surface area (Å²) in [5.74, 6) is 2.77. The van der Waals surface area contributed by atoms with Gasteiger partial charge in [-0.2, -0.15) is 0 Å². The van der Waals surface area contributed by atoms with Crippen LogP contribution < -0.4 is 10.1 Å². The summed E-state index contributed by atoms with van der Waals surface area (Å²) in [4.78, 5) is 0. The van der Waals surface area contributed by atoms with Crippen LogP contribution in [0.15, 0.2) is 40.8 Å². The Morgan fingerprint density at radius 1 is 1.20 bits per heavy atom. The van der Waals surface area contributed by atoms with E-state index in [0.717, 1.165) is 29.4 Å². The van der Waals surface area contributed by atoms with E-state index in [4.69, 9.17) is 9.15 Å². The highest BCUT2D eigenvalue weighted by atomic mass is 16.5. The third-order valence-electron chi connectivity index (χ3n) is 3.32. The second-order valence-electron chi connectivity index (χ2n) is 5.18. The molecule has 20 heavy (non-hydrogen) atoms. The second-order valence-corrected chi connectivity index (χ2v) is 5.18. The maximum atomic E-state index is 5.83. The van der Waals surface area contributed by atoms with Gasteiger partial charge in [0.1, 0.15) is 17.3 Å². The summed E-state index contributed by atoms with van der Waals surface area (Å²) in [6, 6.07) is 12.2. The lowest BCUT2D eigenvalue weighted by molar-refractivity contribution is 0.217. The Morgan fingerprint density at radius 3 is 2.65 bits per heavy atom. The highest BCUT2D eigenvalue weighted by Crippen LogP contribution is 2.24. The molecule has 0 aliphatic carbocycles. The van der Waals surface area contributed by atoms with Crippen LogP contribution in [0.3, 0.4) is 0 Å². The summed E-state index contributed by atoms with van der Waals surface area (Å²) in [5, 5.41) is 3.43. The first-order chi connectivity index (χ1) is 9.58. The summed E-state index contributed by atoms with van der Waals surface area (Å²) < 4.78 is 11.5. The first-order valence-corrected chi connectivity index (χ1v) is 7.18. The van der Waals surface area contributed by atoms with Gasteiger partial charge in [0.15, 0.2) is 0 Å². The summed E-state index contributed by atoms with van der Waals surface area (Å²) in [5.41, 5.74) is 1.03. The SMILES string of the molecule is CCC(C)Oc1cccc(NC(C)c2ccc(C)o2)c1. The molecule has 0 aliphatic heterocycles. The Labute approximate surface area is 121 Å². The maximum Gasteiger partial charge on any atom is 0.126 e. The molecular weight excluding hydrogens is 250 g/mol. The average molecular weight is 273 g/mol. The van der Waals surface area contributed by atoms with E-state index < -0.39 is 0 Å². The first kappa shape index (κ1) is 14.5. The van der Waals surface area contributed by atoms with Gasteiger partial charge < -0.3 is 14.5 Å². The topological polar surface area (TPSA) is 34.4 Å². The highest BCUT2D eigenvalue weighted by molar-refractivity contribution is 5.49. The third-order valence-corrected chi connectivity index (χ3v) is 3.32. The molecule has 2 rings (SSSR count). The second kappa shape index (κ2) is 6.51. The lowest BCUT2D eigenvalue weighted by Crippen LogP contribution is -2.10. The van der Waals surface area contributed by atoms with E-state index in [2.05, 4.69) is 26.1 Å². The van der Waals surface area contributed by atoms with E-state index in [1.165, 1.54) is 0 Å². The number of aryl methyl sites for hydroxylation is 1. The zero-order chi connectivity index (χ0) is 14.5. The summed E-state index contributed by atoms with van der Waals surface area (Å²) >= 11 is 0. The summed E-state index contributed by atoms with van der Waals surface area (Å²) in [6.07, 6.45) is 1.23. The molecule has 0 fully saturated rings. The van der Waals surface area contributed by atoms with Gasteiger partial charge in [-0.15, -0.1) is 0 Å². The van der Waals surface area contributed by atoms with Crippen molar-refractivity contribution in [3.63, 3.8) is 0 Å². The van der Waals surface area contributed by atoms with Gasteiger partial charge in [-0.3, -0.25) is 0 Å². The molecule has 1 heterocycles. The highest BCUT2D eigenvalue weighted by Gasteiger charge is 2.10. The molecule has 3 heteroatoms. The van der Waals surface area contributed by atoms with Gasteiger partial charge in [0, 0.05) is 11.8 Å². The van der Waals surface area contributed by atoms with E-state index in [1.54, 1.807) is 0 Å². The number of hydrogen-bond donors (Lipinski definition) is 1. The average Bonchev–Trinajstić information content (AvgIpc) is 2.86. The van der Waals surface area contributed by atoms with Crippen molar-refractivity contribution in [2.75, 3.05) is 5.32 Å². The number of anilines is 1. The summed E-state index contributed by atoms with van der Waals surface area (Å²) in [7, 11) is 0. The molecule has 0 amide bonds. The fraction of sp³-hybridized carbons (Fsp3) is 0.412. The van der Waals surface area contributed by atoms with Crippen LogP contribution in [0.4, 0.5) is 5.69 Å². The molecule has 0 bridgehead atoms. The van der Waals surface area contributed by atoms with Gasteiger partial charge in [0.05, 0.1) is 12.1 Å². The number of nitrogens with one attached hydrogen (secondary N) is 1. The minimum Gasteiger partial charge on any atom is -0.491 e. The van der Waals surface area contributed by atoms with Crippen molar-refractivity contribution in [2.24, 2.45) is 0 Å². The predicted molar refractivity (Wildman–Crippen MR) is 82.3 cm³/mol. The van der Waals surface area contributed by atoms with Crippen molar-refractivity contribution >= 4 is 5.69 Å². The smallest absolute Gasteiger partial charge is 0.126 e. The van der Waals surface area contributed by atoms with Gasteiger partial charge in [-0.05, 0) is 51.5 Å². The molecule has 1 aromatic carbocycles. The van der Waals surface area contributed by atoms with Crippen molar-refractivity contribution in [1.82, 2.24) is 0 Å². The molecule has 0 saturated heterocycles. The molecule has 2 atom stereocenters. The number of ether oxygens (including phenoxy) is 1. The summed E-state index contributed by atoms with van der Waals surface area (Å²) in [6.45, 7) is 8.24. The Bertz CT molecular complexity index is 547. The maximum absolute atomic E-state index is 5.83. The standard InChI is InChI=1S/C17H23NO2/c1-5-12(2)19-16-8-6-7-15(11-16)18-14(4)17-10-9-13(3)20-17/h6-12,14,18H,5H2,1-4H3. The lowest BCUT2D eigenvalue weighted by atomic mass is 10.2. The van der Waals surface area contributed by atoms with Crippen LogP contribution in [-0.4, -0.2) is 6.10 Å². The minimum atomic E-state index is 0.127. The van der Waals surface area contributed by atoms with Crippen LogP contribution in [0, 0.1) is 6.92 Å². The molecule has 0 saturated carbocycles. The van der Waals surface area contributed by atoms with Crippen molar-refractivity contribution in [3.05, 3.63) is 47.9 Å². The number of benzene rings is 1. The van der Waals surface area contributed by atoms with Crippen molar-refractivity contribution in [2.45, 2.75) is 46.3 Å². The molecule has 2 aromatic rings. The van der Waals surface area contributed by atoms with Crippen LogP contribution in [0.2, 0.25) is 0 Å². The third kappa shape index (κ3) is 3.80. The molecule has 3 nitrogen and oxygen atoms in total. The van der Waals surface area contributed by atoms with Gasteiger partial charge in [0.2, 0.25) is 0 Å². The number of hydrogen-bond acceptors (Lipinski definition) is 3. The van der Waals surface area contributed by atoms with E-state index in [0.29, 0.717) is 0 Å². The Balaban J connectivity index is 2.04. The van der Waals surface area contributed by atoms with Crippen LogP contribution >= 0.6 is 0 Å². The van der Waals surface area contributed by atoms with E-state index in [-0.39, 0.29) is 12.1 Å². The van der Waals surface area contributed by atoms with E-state index in [9.17, 15) is 0 Å². The van der Waals surface area contributed by atoms with Crippen LogP contribution in [0.25, 0.3) is 0 Å². The molecule has 0 spiro atoms. The quantitative estimate of drug-likeness (QED) is 0.809. The Kier molecular flexibility index (Phi) is 4.72. The van der Waals surface area contributed by atoms with Crippen molar-refractivity contribution in [3.8, 4) is 5.75 Å². The van der Waals surface area contributed by atoms with Crippen LogP contribution in [-0.2, 0) is 0 Å². The van der Waals surface area contributed by atoms with E-state index >= 15 is 0 Å². The van der Waals surface area contributed by atoms with Crippen molar-refractivity contribution in [1.29, 1.82) is 0 Å². The Hall–Kier alpha value is -1.90. The van der Waals surface area contributed by atoms with Gasteiger partial charge in [-0.25, -0.2) is 0 Å². The van der Waals surface area contributed by atoms with Gasteiger partial charge >= 0.3 is 0 Å². The monoisotopic (exact) mass is 273 g/mol.